The van der Waals surface area contributed by atoms with Crippen LogP contribution in [0, 0.1) is 0 Å². The Morgan fingerprint density at radius 1 is 1.47 bits per heavy atom. The van der Waals surface area contributed by atoms with E-state index in [0.717, 1.165) is 0 Å². The fourth-order valence-corrected chi connectivity index (χ4v) is 1.24. The number of hydrogen-bond acceptors (Lipinski definition) is 3. The van der Waals surface area contributed by atoms with Gasteiger partial charge in [0.1, 0.15) is 12.1 Å². The maximum absolute atomic E-state index is 11.8. The summed E-state index contributed by atoms with van der Waals surface area (Å²) in [5, 5.41) is 8.77. The molecule has 0 heterocycles. The molecule has 1 atom stereocenters. The van der Waals surface area contributed by atoms with Crippen molar-refractivity contribution in [2.75, 3.05) is 6.54 Å². The highest BCUT2D eigenvalue weighted by molar-refractivity contribution is 5.77. The highest BCUT2D eigenvalue weighted by Gasteiger charge is 2.26. The summed E-state index contributed by atoms with van der Waals surface area (Å²) in [5.41, 5.74) is -0.637. The molecule has 0 unspecified atom stereocenters. The Balaban J connectivity index is 4.72. The Morgan fingerprint density at radius 3 is 2.35 bits per heavy atom. The van der Waals surface area contributed by atoms with Gasteiger partial charge in [0.2, 0.25) is 0 Å². The van der Waals surface area contributed by atoms with E-state index >= 15 is 0 Å². The summed E-state index contributed by atoms with van der Waals surface area (Å²) in [6.45, 7) is 10.2. The van der Waals surface area contributed by atoms with Crippen LogP contribution in [-0.2, 0) is 9.53 Å². The smallest absolute Gasteiger partial charge is 0.411 e. The van der Waals surface area contributed by atoms with Gasteiger partial charge in [-0.1, -0.05) is 6.08 Å². The molecule has 0 fully saturated rings. The SMILES string of the molecule is C=CC[C@H](C)N(CC(=O)O)C(=O)OC(C)(C)C. The fraction of sp³-hybridized carbons (Fsp3) is 0.667. The third-order valence-corrected chi connectivity index (χ3v) is 1.97. The molecule has 5 nitrogen and oxygen atoms in total. The van der Waals surface area contributed by atoms with E-state index in [1.165, 1.54) is 4.90 Å². The molecular weight excluding hydrogens is 222 g/mol. The monoisotopic (exact) mass is 243 g/mol. The second kappa shape index (κ2) is 6.27. The summed E-state index contributed by atoms with van der Waals surface area (Å²) in [6, 6.07) is -0.251. The lowest BCUT2D eigenvalue weighted by Gasteiger charge is -2.30. The Labute approximate surface area is 102 Å². The topological polar surface area (TPSA) is 66.8 Å². The van der Waals surface area contributed by atoms with Gasteiger partial charge in [-0.25, -0.2) is 4.79 Å². The fourth-order valence-electron chi connectivity index (χ4n) is 1.24. The number of carboxylic acids is 1. The van der Waals surface area contributed by atoms with Crippen LogP contribution in [0.15, 0.2) is 12.7 Å². The number of ether oxygens (including phenoxy) is 1. The van der Waals surface area contributed by atoms with Crippen LogP contribution in [0.25, 0.3) is 0 Å². The summed E-state index contributed by atoms with van der Waals surface area (Å²) < 4.78 is 5.16. The molecule has 0 aliphatic carbocycles. The van der Waals surface area contributed by atoms with Crippen molar-refractivity contribution in [3.8, 4) is 0 Å². The zero-order valence-electron chi connectivity index (χ0n) is 10.9. The van der Waals surface area contributed by atoms with Crippen LogP contribution in [0.4, 0.5) is 4.79 Å². The Kier molecular flexibility index (Phi) is 5.71. The minimum Gasteiger partial charge on any atom is -0.480 e. The lowest BCUT2D eigenvalue weighted by molar-refractivity contribution is -0.138. The van der Waals surface area contributed by atoms with Crippen molar-refractivity contribution in [3.63, 3.8) is 0 Å². The molecular formula is C12H21NO4. The van der Waals surface area contributed by atoms with Gasteiger partial charge < -0.3 is 9.84 Å². The van der Waals surface area contributed by atoms with Crippen molar-refractivity contribution >= 4 is 12.1 Å². The molecule has 0 aromatic rings. The molecule has 0 rings (SSSR count). The number of hydrogen-bond donors (Lipinski definition) is 1. The quantitative estimate of drug-likeness (QED) is 0.752. The Bertz CT molecular complexity index is 293. The van der Waals surface area contributed by atoms with Crippen LogP contribution in [0.5, 0.6) is 0 Å². The molecule has 0 radical (unpaired) electrons. The highest BCUT2D eigenvalue weighted by Crippen LogP contribution is 2.13. The normalized spacial score (nSPS) is 12.7. The number of carbonyl (C=O) groups is 2. The third kappa shape index (κ3) is 6.60. The van der Waals surface area contributed by atoms with E-state index in [4.69, 9.17) is 9.84 Å². The predicted octanol–water partition coefficient (Wildman–Crippen LogP) is 2.27. The number of rotatable bonds is 5. The van der Waals surface area contributed by atoms with E-state index in [1.54, 1.807) is 33.8 Å². The van der Waals surface area contributed by atoms with E-state index in [-0.39, 0.29) is 12.6 Å². The second-order valence-electron chi connectivity index (χ2n) is 4.88. The van der Waals surface area contributed by atoms with Crippen LogP contribution in [-0.4, -0.2) is 40.3 Å². The molecule has 0 aromatic carbocycles. The molecule has 98 valence electrons. The number of carboxylic acid groups (broad SMARTS) is 1. The zero-order chi connectivity index (χ0) is 13.6. The largest absolute Gasteiger partial charge is 0.480 e. The molecule has 0 aromatic heterocycles. The van der Waals surface area contributed by atoms with Crippen molar-refractivity contribution in [3.05, 3.63) is 12.7 Å². The molecule has 0 aliphatic heterocycles. The number of carbonyl (C=O) groups excluding carboxylic acids is 1. The van der Waals surface area contributed by atoms with Gasteiger partial charge in [0.25, 0.3) is 0 Å². The average Bonchev–Trinajstić information content (AvgIpc) is 2.11. The molecule has 0 spiro atoms. The summed E-state index contributed by atoms with van der Waals surface area (Å²) >= 11 is 0. The van der Waals surface area contributed by atoms with Crippen LogP contribution in [0.3, 0.4) is 0 Å². The minimum atomic E-state index is -1.06. The highest BCUT2D eigenvalue weighted by atomic mass is 16.6. The molecule has 5 heteroatoms. The predicted molar refractivity (Wildman–Crippen MR) is 64.9 cm³/mol. The van der Waals surface area contributed by atoms with E-state index < -0.39 is 17.7 Å². The van der Waals surface area contributed by atoms with Crippen LogP contribution < -0.4 is 0 Å². The molecule has 0 aliphatic rings. The average molecular weight is 243 g/mol. The van der Waals surface area contributed by atoms with Crippen LogP contribution >= 0.6 is 0 Å². The van der Waals surface area contributed by atoms with Gasteiger partial charge in [0.05, 0.1) is 0 Å². The molecule has 1 amide bonds. The van der Waals surface area contributed by atoms with Gasteiger partial charge in [0.15, 0.2) is 0 Å². The molecule has 1 N–H and O–H groups in total. The van der Waals surface area contributed by atoms with Crippen molar-refractivity contribution in [2.24, 2.45) is 0 Å². The maximum Gasteiger partial charge on any atom is 0.411 e. The second-order valence-corrected chi connectivity index (χ2v) is 4.88. The number of aliphatic carboxylic acids is 1. The summed E-state index contributed by atoms with van der Waals surface area (Å²) in [4.78, 5) is 23.7. The van der Waals surface area contributed by atoms with Gasteiger partial charge in [-0.05, 0) is 34.1 Å². The van der Waals surface area contributed by atoms with E-state index in [9.17, 15) is 9.59 Å². The van der Waals surface area contributed by atoms with Gasteiger partial charge >= 0.3 is 12.1 Å². The standard InChI is InChI=1S/C12H21NO4/c1-6-7-9(2)13(8-10(14)15)11(16)17-12(3,4)5/h6,9H,1,7-8H2,2-5H3,(H,14,15)/t9-/m0/s1. The van der Waals surface area contributed by atoms with Gasteiger partial charge in [0, 0.05) is 6.04 Å². The summed E-state index contributed by atoms with van der Waals surface area (Å²) in [5.74, 6) is -1.06. The first kappa shape index (κ1) is 15.5. The first-order chi connectivity index (χ1) is 7.67. The first-order valence-electron chi connectivity index (χ1n) is 5.49. The van der Waals surface area contributed by atoms with Crippen LogP contribution in [0.2, 0.25) is 0 Å². The van der Waals surface area contributed by atoms with E-state index in [2.05, 4.69) is 6.58 Å². The van der Waals surface area contributed by atoms with E-state index in [0.29, 0.717) is 6.42 Å². The van der Waals surface area contributed by atoms with Crippen molar-refractivity contribution < 1.29 is 19.4 Å². The summed E-state index contributed by atoms with van der Waals surface area (Å²) in [7, 11) is 0. The third-order valence-electron chi connectivity index (χ3n) is 1.97. The zero-order valence-corrected chi connectivity index (χ0v) is 10.9. The molecule has 0 bridgehead atoms. The lowest BCUT2D eigenvalue weighted by atomic mass is 10.2. The number of amides is 1. The van der Waals surface area contributed by atoms with Gasteiger partial charge in [-0.2, -0.15) is 0 Å². The van der Waals surface area contributed by atoms with Crippen molar-refractivity contribution in [2.45, 2.75) is 45.8 Å². The lowest BCUT2D eigenvalue weighted by Crippen LogP contribution is -2.44. The summed E-state index contributed by atoms with van der Waals surface area (Å²) in [6.07, 6.45) is 1.55. The van der Waals surface area contributed by atoms with Gasteiger partial charge in [-0.3, -0.25) is 9.69 Å². The van der Waals surface area contributed by atoms with Crippen molar-refractivity contribution in [1.82, 2.24) is 4.90 Å². The molecule has 0 saturated carbocycles. The molecule has 17 heavy (non-hydrogen) atoms. The first-order valence-corrected chi connectivity index (χ1v) is 5.49. The Morgan fingerprint density at radius 2 is 2.00 bits per heavy atom. The van der Waals surface area contributed by atoms with Crippen molar-refractivity contribution in [1.29, 1.82) is 0 Å². The number of nitrogens with zero attached hydrogens (tertiary/aromatic N) is 1. The van der Waals surface area contributed by atoms with Gasteiger partial charge in [-0.15, -0.1) is 6.58 Å². The van der Waals surface area contributed by atoms with Crippen LogP contribution in [0.1, 0.15) is 34.1 Å². The minimum absolute atomic E-state index is 0.251. The molecule has 0 saturated heterocycles. The van der Waals surface area contributed by atoms with E-state index in [1.807, 2.05) is 0 Å². The maximum atomic E-state index is 11.8. The Hall–Kier alpha value is -1.52.